The van der Waals surface area contributed by atoms with E-state index < -0.39 is 0 Å². The normalized spacial score (nSPS) is 31.3. The highest BCUT2D eigenvalue weighted by molar-refractivity contribution is 5.18. The van der Waals surface area contributed by atoms with Crippen LogP contribution in [0.4, 0.5) is 0 Å². The van der Waals surface area contributed by atoms with Crippen LogP contribution in [-0.4, -0.2) is 12.1 Å². The second kappa shape index (κ2) is 3.69. The molecule has 0 amide bonds. The van der Waals surface area contributed by atoms with Crippen LogP contribution in [0.15, 0.2) is 42.7 Å². The first kappa shape index (κ1) is 8.96. The van der Waals surface area contributed by atoms with Crippen LogP contribution in [0.2, 0.25) is 0 Å². The molecule has 2 heterocycles. The first-order valence-corrected chi connectivity index (χ1v) is 5.87. The summed E-state index contributed by atoms with van der Waals surface area (Å²) in [6.45, 7) is 0. The topological polar surface area (TPSA) is 6.89 Å². The number of fused-ring (bicyclic) bond motifs is 1. The standard InChI is InChI=1S/C13H17N2/c1-2-5-9-13-12(8-4-1)15(13)14-10-6-3-7-11-14/h1-3,6-7,10-13H,4-5,8-9H2/q+1/b2-1-. The van der Waals surface area contributed by atoms with Gasteiger partial charge in [0.05, 0.1) is 0 Å². The monoisotopic (exact) mass is 201 g/mol. The smallest absolute Gasteiger partial charge is 0.170 e. The third kappa shape index (κ3) is 1.65. The molecule has 1 aromatic rings. The minimum absolute atomic E-state index is 0.780. The Morgan fingerprint density at radius 2 is 1.47 bits per heavy atom. The van der Waals surface area contributed by atoms with Gasteiger partial charge in [0.1, 0.15) is 12.1 Å². The average molecular weight is 201 g/mol. The summed E-state index contributed by atoms with van der Waals surface area (Å²) in [4.78, 5) is 0. The highest BCUT2D eigenvalue weighted by atomic mass is 15.7. The van der Waals surface area contributed by atoms with Crippen LogP contribution in [-0.2, 0) is 0 Å². The maximum Gasteiger partial charge on any atom is 0.199 e. The number of pyridine rings is 1. The number of nitrogens with zero attached hydrogens (tertiary/aromatic N) is 2. The maximum absolute atomic E-state index is 2.51. The zero-order valence-electron chi connectivity index (χ0n) is 8.92. The van der Waals surface area contributed by atoms with E-state index in [1.165, 1.54) is 25.7 Å². The Balaban J connectivity index is 1.76. The molecule has 0 aromatic carbocycles. The summed E-state index contributed by atoms with van der Waals surface area (Å²) < 4.78 is 2.25. The van der Waals surface area contributed by atoms with Crippen molar-refractivity contribution >= 4 is 0 Å². The van der Waals surface area contributed by atoms with Crippen molar-refractivity contribution in [2.75, 3.05) is 5.01 Å². The van der Waals surface area contributed by atoms with E-state index in [-0.39, 0.29) is 0 Å². The van der Waals surface area contributed by atoms with Gasteiger partial charge < -0.3 is 0 Å². The van der Waals surface area contributed by atoms with Gasteiger partial charge in [0, 0.05) is 12.1 Å². The molecule has 1 aliphatic carbocycles. The molecule has 3 rings (SSSR count). The van der Waals surface area contributed by atoms with Crippen molar-refractivity contribution in [2.24, 2.45) is 0 Å². The van der Waals surface area contributed by atoms with Crippen molar-refractivity contribution in [3.63, 3.8) is 0 Å². The van der Waals surface area contributed by atoms with Crippen LogP contribution >= 0.6 is 0 Å². The fourth-order valence-corrected chi connectivity index (χ4v) is 2.63. The molecule has 2 heteroatoms. The van der Waals surface area contributed by atoms with Gasteiger partial charge in [0.2, 0.25) is 0 Å². The highest BCUT2D eigenvalue weighted by Gasteiger charge is 2.52. The minimum Gasteiger partial charge on any atom is -0.170 e. The number of aromatic nitrogens is 1. The first-order chi connectivity index (χ1) is 7.47. The van der Waals surface area contributed by atoms with Crippen LogP contribution < -0.4 is 9.69 Å². The fourth-order valence-electron chi connectivity index (χ4n) is 2.63. The Kier molecular flexibility index (Phi) is 2.20. The van der Waals surface area contributed by atoms with Crippen molar-refractivity contribution in [1.82, 2.24) is 0 Å². The summed E-state index contributed by atoms with van der Waals surface area (Å²) in [5.41, 5.74) is 0. The van der Waals surface area contributed by atoms with Gasteiger partial charge in [-0.25, -0.2) is 0 Å². The molecular weight excluding hydrogens is 184 g/mol. The van der Waals surface area contributed by atoms with Gasteiger partial charge in [-0.3, -0.25) is 0 Å². The molecule has 0 radical (unpaired) electrons. The lowest BCUT2D eigenvalue weighted by atomic mass is 10.1. The average Bonchev–Trinajstić information content (AvgIpc) is 2.91. The van der Waals surface area contributed by atoms with Crippen molar-refractivity contribution < 1.29 is 4.68 Å². The largest absolute Gasteiger partial charge is 0.199 e. The van der Waals surface area contributed by atoms with Crippen molar-refractivity contribution in [3.05, 3.63) is 42.7 Å². The molecule has 2 unspecified atom stereocenters. The lowest BCUT2D eigenvalue weighted by Gasteiger charge is -1.97. The molecule has 1 aromatic heterocycles. The zero-order chi connectivity index (χ0) is 10.1. The summed E-state index contributed by atoms with van der Waals surface area (Å²) >= 11 is 0. The molecule has 2 atom stereocenters. The number of hydrogen-bond acceptors (Lipinski definition) is 1. The summed E-state index contributed by atoms with van der Waals surface area (Å²) in [6.07, 6.45) is 14.1. The van der Waals surface area contributed by atoms with Gasteiger partial charge in [-0.15, -0.1) is 0 Å². The Morgan fingerprint density at radius 3 is 2.07 bits per heavy atom. The molecule has 2 nitrogen and oxygen atoms in total. The maximum atomic E-state index is 2.51. The molecule has 1 saturated heterocycles. The predicted molar refractivity (Wildman–Crippen MR) is 60.0 cm³/mol. The summed E-state index contributed by atoms with van der Waals surface area (Å²) in [7, 11) is 0. The van der Waals surface area contributed by atoms with Crippen molar-refractivity contribution in [1.29, 1.82) is 0 Å². The van der Waals surface area contributed by atoms with Crippen LogP contribution in [0, 0.1) is 0 Å². The highest BCUT2D eigenvalue weighted by Crippen LogP contribution is 2.32. The third-order valence-corrected chi connectivity index (χ3v) is 3.43. The van der Waals surface area contributed by atoms with Crippen molar-refractivity contribution in [3.8, 4) is 0 Å². The third-order valence-electron chi connectivity index (χ3n) is 3.43. The van der Waals surface area contributed by atoms with Crippen LogP contribution in [0.5, 0.6) is 0 Å². The van der Waals surface area contributed by atoms with E-state index in [0.717, 1.165) is 12.1 Å². The van der Waals surface area contributed by atoms with Crippen molar-refractivity contribution in [2.45, 2.75) is 37.8 Å². The molecule has 0 N–H and O–H groups in total. The van der Waals surface area contributed by atoms with Gasteiger partial charge >= 0.3 is 0 Å². The predicted octanol–water partition coefficient (Wildman–Crippen LogP) is 1.79. The number of rotatable bonds is 1. The summed E-state index contributed by atoms with van der Waals surface area (Å²) in [5.74, 6) is 0. The van der Waals surface area contributed by atoms with E-state index in [1.807, 2.05) is 0 Å². The molecule has 2 aliphatic rings. The van der Waals surface area contributed by atoms with E-state index in [2.05, 4.69) is 52.4 Å². The molecule has 78 valence electrons. The molecular formula is C13H17N2+. The molecule has 0 saturated carbocycles. The Hall–Kier alpha value is -1.31. The fraction of sp³-hybridized carbons (Fsp3) is 0.462. The number of allylic oxidation sites excluding steroid dienone is 2. The van der Waals surface area contributed by atoms with Gasteiger partial charge in [-0.1, -0.05) is 22.9 Å². The number of hydrogen-bond donors (Lipinski definition) is 0. The van der Waals surface area contributed by atoms with Gasteiger partial charge in [-0.2, -0.15) is 5.01 Å². The minimum atomic E-state index is 0.780. The quantitative estimate of drug-likeness (QED) is 0.382. The Morgan fingerprint density at radius 1 is 0.867 bits per heavy atom. The van der Waals surface area contributed by atoms with Gasteiger partial charge in [0.15, 0.2) is 12.4 Å². The molecule has 0 spiro atoms. The lowest BCUT2D eigenvalue weighted by Crippen LogP contribution is -2.46. The van der Waals surface area contributed by atoms with Crippen LogP contribution in [0.3, 0.4) is 0 Å². The van der Waals surface area contributed by atoms with Crippen LogP contribution in [0.1, 0.15) is 25.7 Å². The van der Waals surface area contributed by atoms with E-state index in [4.69, 9.17) is 0 Å². The van der Waals surface area contributed by atoms with E-state index >= 15 is 0 Å². The van der Waals surface area contributed by atoms with E-state index in [0.29, 0.717) is 0 Å². The van der Waals surface area contributed by atoms with E-state index in [9.17, 15) is 0 Å². The van der Waals surface area contributed by atoms with Gasteiger partial charge in [-0.05, 0) is 25.7 Å². The van der Waals surface area contributed by atoms with E-state index in [1.54, 1.807) is 0 Å². The molecule has 1 fully saturated rings. The second-order valence-corrected chi connectivity index (χ2v) is 4.40. The lowest BCUT2D eigenvalue weighted by molar-refractivity contribution is -0.679. The second-order valence-electron chi connectivity index (χ2n) is 4.40. The van der Waals surface area contributed by atoms with Gasteiger partial charge in [0.25, 0.3) is 0 Å². The first-order valence-electron chi connectivity index (χ1n) is 5.87. The Bertz CT molecular complexity index is 342. The SMILES string of the molecule is C1=C\CCC2C(CC/1)N2[n+]1ccccc1. The van der Waals surface area contributed by atoms with Crippen LogP contribution in [0.25, 0.3) is 0 Å². The molecule has 0 bridgehead atoms. The Labute approximate surface area is 90.8 Å². The molecule has 15 heavy (non-hydrogen) atoms. The summed E-state index contributed by atoms with van der Waals surface area (Å²) in [5, 5.41) is 2.51. The summed E-state index contributed by atoms with van der Waals surface area (Å²) in [6, 6.07) is 7.84. The molecule has 1 aliphatic heterocycles. The zero-order valence-corrected chi connectivity index (χ0v) is 8.92.